The standard InChI is InChI=1S/C11H19N3O3/c1-4-14(3)11(17)7(2)13-10(16)8-5-9(15)12-6-8/h7-8H,4-6H2,1-3H3,(H,12,15)(H,13,16). The van der Waals surface area contributed by atoms with Gasteiger partial charge in [-0.1, -0.05) is 0 Å². The molecule has 1 saturated heterocycles. The Balaban J connectivity index is 2.45. The van der Waals surface area contributed by atoms with E-state index < -0.39 is 6.04 Å². The summed E-state index contributed by atoms with van der Waals surface area (Å²) in [6, 6.07) is -0.553. The van der Waals surface area contributed by atoms with Gasteiger partial charge in [-0.25, -0.2) is 0 Å². The third kappa shape index (κ3) is 3.44. The molecule has 1 rings (SSSR count). The molecule has 2 atom stereocenters. The van der Waals surface area contributed by atoms with Crippen LogP contribution in [-0.4, -0.2) is 48.8 Å². The minimum absolute atomic E-state index is 0.116. The average Bonchev–Trinajstić information content (AvgIpc) is 2.73. The SMILES string of the molecule is CCN(C)C(=O)C(C)NC(=O)C1CNC(=O)C1. The lowest BCUT2D eigenvalue weighted by Gasteiger charge is -2.21. The van der Waals surface area contributed by atoms with Crippen molar-refractivity contribution in [1.82, 2.24) is 15.5 Å². The van der Waals surface area contributed by atoms with E-state index in [9.17, 15) is 14.4 Å². The number of carbonyl (C=O) groups is 3. The molecule has 1 heterocycles. The van der Waals surface area contributed by atoms with Crippen LogP contribution in [0.4, 0.5) is 0 Å². The number of likely N-dealkylation sites (N-methyl/N-ethyl adjacent to an activating group) is 1. The minimum Gasteiger partial charge on any atom is -0.355 e. The van der Waals surface area contributed by atoms with E-state index in [-0.39, 0.29) is 30.1 Å². The van der Waals surface area contributed by atoms with Crippen LogP contribution in [0.25, 0.3) is 0 Å². The van der Waals surface area contributed by atoms with Gasteiger partial charge >= 0.3 is 0 Å². The molecule has 6 nitrogen and oxygen atoms in total. The third-order valence-corrected chi connectivity index (χ3v) is 2.93. The Morgan fingerprint density at radius 2 is 2.24 bits per heavy atom. The Morgan fingerprint density at radius 3 is 2.71 bits per heavy atom. The molecular weight excluding hydrogens is 222 g/mol. The molecule has 6 heteroatoms. The lowest BCUT2D eigenvalue weighted by atomic mass is 10.1. The van der Waals surface area contributed by atoms with E-state index in [0.717, 1.165) is 0 Å². The second kappa shape index (κ2) is 5.65. The summed E-state index contributed by atoms with van der Waals surface area (Å²) in [6.45, 7) is 4.47. The number of amides is 3. The van der Waals surface area contributed by atoms with Gasteiger partial charge < -0.3 is 15.5 Å². The number of nitrogens with zero attached hydrogens (tertiary/aromatic N) is 1. The summed E-state index contributed by atoms with van der Waals surface area (Å²) in [4.78, 5) is 36.0. The Morgan fingerprint density at radius 1 is 1.59 bits per heavy atom. The van der Waals surface area contributed by atoms with E-state index in [1.807, 2.05) is 6.92 Å². The van der Waals surface area contributed by atoms with Crippen molar-refractivity contribution >= 4 is 17.7 Å². The highest BCUT2D eigenvalue weighted by atomic mass is 16.2. The van der Waals surface area contributed by atoms with Crippen molar-refractivity contribution in [1.29, 1.82) is 0 Å². The number of nitrogens with one attached hydrogen (secondary N) is 2. The van der Waals surface area contributed by atoms with Crippen LogP contribution < -0.4 is 10.6 Å². The zero-order valence-corrected chi connectivity index (χ0v) is 10.4. The van der Waals surface area contributed by atoms with Crippen LogP contribution in [-0.2, 0) is 14.4 Å². The molecule has 0 aromatic carbocycles. The predicted octanol–water partition coefficient (Wildman–Crippen LogP) is -0.894. The normalized spacial score (nSPS) is 20.6. The third-order valence-electron chi connectivity index (χ3n) is 2.93. The molecule has 96 valence electrons. The number of carbonyl (C=O) groups excluding carboxylic acids is 3. The molecule has 0 aromatic rings. The van der Waals surface area contributed by atoms with Gasteiger partial charge in [-0.05, 0) is 13.8 Å². The van der Waals surface area contributed by atoms with Crippen LogP contribution in [0.3, 0.4) is 0 Å². The number of hydrogen-bond donors (Lipinski definition) is 2. The van der Waals surface area contributed by atoms with Crippen molar-refractivity contribution in [2.45, 2.75) is 26.3 Å². The molecule has 0 aromatic heterocycles. The summed E-state index contributed by atoms with van der Waals surface area (Å²) in [5.74, 6) is -0.841. The second-order valence-corrected chi connectivity index (χ2v) is 4.29. The van der Waals surface area contributed by atoms with Crippen molar-refractivity contribution in [3.63, 3.8) is 0 Å². The highest BCUT2D eigenvalue weighted by Gasteiger charge is 2.30. The number of hydrogen-bond acceptors (Lipinski definition) is 3. The van der Waals surface area contributed by atoms with E-state index >= 15 is 0 Å². The first-order chi connectivity index (χ1) is 7.95. The molecule has 0 aliphatic carbocycles. The van der Waals surface area contributed by atoms with Crippen LogP contribution in [0.15, 0.2) is 0 Å². The fourth-order valence-electron chi connectivity index (χ4n) is 1.67. The highest BCUT2D eigenvalue weighted by molar-refractivity contribution is 5.92. The van der Waals surface area contributed by atoms with Crippen LogP contribution >= 0.6 is 0 Å². The van der Waals surface area contributed by atoms with Crippen LogP contribution in [0, 0.1) is 5.92 Å². The van der Waals surface area contributed by atoms with Gasteiger partial charge in [-0.3, -0.25) is 14.4 Å². The topological polar surface area (TPSA) is 78.5 Å². The molecule has 0 saturated carbocycles. The minimum atomic E-state index is -0.553. The van der Waals surface area contributed by atoms with Gasteiger partial charge in [0.15, 0.2) is 0 Å². The summed E-state index contributed by atoms with van der Waals surface area (Å²) < 4.78 is 0. The van der Waals surface area contributed by atoms with E-state index in [2.05, 4.69) is 10.6 Å². The Labute approximate surface area is 101 Å². The van der Waals surface area contributed by atoms with Gasteiger partial charge in [0.2, 0.25) is 17.7 Å². The second-order valence-electron chi connectivity index (χ2n) is 4.29. The summed E-state index contributed by atoms with van der Waals surface area (Å²) in [7, 11) is 1.69. The zero-order chi connectivity index (χ0) is 13.0. The molecule has 1 aliphatic rings. The van der Waals surface area contributed by atoms with E-state index in [4.69, 9.17) is 0 Å². The first-order valence-electron chi connectivity index (χ1n) is 5.77. The van der Waals surface area contributed by atoms with Gasteiger partial charge in [-0.2, -0.15) is 0 Å². The zero-order valence-electron chi connectivity index (χ0n) is 10.4. The van der Waals surface area contributed by atoms with E-state index in [1.54, 1.807) is 18.9 Å². The van der Waals surface area contributed by atoms with Crippen LogP contribution in [0.2, 0.25) is 0 Å². The average molecular weight is 241 g/mol. The van der Waals surface area contributed by atoms with E-state index in [1.165, 1.54) is 0 Å². The Bertz CT molecular complexity index is 330. The Kier molecular flexibility index (Phi) is 4.48. The molecule has 2 unspecified atom stereocenters. The lowest BCUT2D eigenvalue weighted by Crippen LogP contribution is -2.47. The van der Waals surface area contributed by atoms with E-state index in [0.29, 0.717) is 13.1 Å². The largest absolute Gasteiger partial charge is 0.355 e. The first-order valence-corrected chi connectivity index (χ1v) is 5.77. The van der Waals surface area contributed by atoms with Gasteiger partial charge in [0.1, 0.15) is 6.04 Å². The van der Waals surface area contributed by atoms with Crippen molar-refractivity contribution < 1.29 is 14.4 Å². The summed E-state index contributed by atoms with van der Waals surface area (Å²) in [5.41, 5.74) is 0. The van der Waals surface area contributed by atoms with Crippen molar-refractivity contribution in [3.05, 3.63) is 0 Å². The smallest absolute Gasteiger partial charge is 0.244 e. The molecule has 3 amide bonds. The maximum Gasteiger partial charge on any atom is 0.244 e. The van der Waals surface area contributed by atoms with Gasteiger partial charge in [0.05, 0.1) is 5.92 Å². The van der Waals surface area contributed by atoms with Crippen molar-refractivity contribution in [2.75, 3.05) is 20.1 Å². The first kappa shape index (κ1) is 13.5. The summed E-state index contributed by atoms with van der Waals surface area (Å²) in [5, 5.41) is 5.23. The monoisotopic (exact) mass is 241 g/mol. The van der Waals surface area contributed by atoms with Crippen LogP contribution in [0.1, 0.15) is 20.3 Å². The fourth-order valence-corrected chi connectivity index (χ4v) is 1.67. The maximum absolute atomic E-state index is 11.7. The molecule has 1 fully saturated rings. The predicted molar refractivity (Wildman–Crippen MR) is 62.0 cm³/mol. The maximum atomic E-state index is 11.7. The Hall–Kier alpha value is -1.59. The van der Waals surface area contributed by atoms with Gasteiger partial charge in [0, 0.05) is 26.6 Å². The quantitative estimate of drug-likeness (QED) is 0.670. The molecule has 17 heavy (non-hydrogen) atoms. The van der Waals surface area contributed by atoms with Gasteiger partial charge in [0.25, 0.3) is 0 Å². The fraction of sp³-hybridized carbons (Fsp3) is 0.727. The summed E-state index contributed by atoms with van der Waals surface area (Å²) >= 11 is 0. The van der Waals surface area contributed by atoms with Crippen LogP contribution in [0.5, 0.6) is 0 Å². The van der Waals surface area contributed by atoms with Gasteiger partial charge in [-0.15, -0.1) is 0 Å². The highest BCUT2D eigenvalue weighted by Crippen LogP contribution is 2.09. The molecule has 0 spiro atoms. The lowest BCUT2D eigenvalue weighted by molar-refractivity contribution is -0.135. The summed E-state index contributed by atoms with van der Waals surface area (Å²) in [6.07, 6.45) is 0.205. The van der Waals surface area contributed by atoms with Crippen molar-refractivity contribution in [3.8, 4) is 0 Å². The number of rotatable bonds is 4. The van der Waals surface area contributed by atoms with Crippen molar-refractivity contribution in [2.24, 2.45) is 5.92 Å². The molecule has 2 N–H and O–H groups in total. The molecule has 0 radical (unpaired) electrons. The molecule has 0 bridgehead atoms. The molecular formula is C11H19N3O3. The molecule has 1 aliphatic heterocycles.